The molecule has 0 radical (unpaired) electrons. The van der Waals surface area contributed by atoms with Gasteiger partial charge in [0.2, 0.25) is 0 Å². The molecule has 17 heteroatoms. The first kappa shape index (κ1) is 61.7. The molecule has 0 fully saturated rings. The Balaban J connectivity index is 4.81. The third-order valence-corrected chi connectivity index (χ3v) is 10.3. The van der Waals surface area contributed by atoms with Crippen LogP contribution in [0.25, 0.3) is 0 Å². The Bertz CT molecular complexity index is 1590. The van der Waals surface area contributed by atoms with Crippen molar-refractivity contribution in [1.29, 1.82) is 0 Å². The number of phosphoric ester groups is 2. The number of aliphatic hydroxyl groups is 3. The second kappa shape index (κ2) is 42.1. The number of phosphoric acid groups is 2. The standard InChI is InChI=1S/C48H78O15P2/c1-3-5-7-8-9-10-11-12-13-14-15-16-17-18-19-24-32-38-48(53)63-46(42-62-65(57,58)61-40-45(51)39-60-64(54,55)56)41-59-47(52)37-31-23-21-20-22-28-34-44(50)36-30-26-25-29-35-43(49)33-27-6-4-2/h6,12-13,15-16,18-19,21-23,25-30,35-36,43-46,49-51H,3-5,7-11,14,17,20,24,31-34,37-42H2,1-2H3,(H,57,58)(H2,54,55,56)/b13-12-,16-15-,19-18-,23-21-,26-25-,27-6-,28-22-,35-29+,36-30+/t43-,44+,45+,46-/m1/s1. The Hall–Kier alpha value is -3.30. The van der Waals surface area contributed by atoms with Crippen LogP contribution >= 0.6 is 15.6 Å². The van der Waals surface area contributed by atoms with Crippen molar-refractivity contribution >= 4 is 27.6 Å². The van der Waals surface area contributed by atoms with Crippen molar-refractivity contribution in [2.45, 2.75) is 154 Å². The minimum absolute atomic E-state index is 0.00350. The van der Waals surface area contributed by atoms with Gasteiger partial charge in [-0.3, -0.25) is 23.2 Å². The number of carbonyl (C=O) groups excluding carboxylic acids is 2. The van der Waals surface area contributed by atoms with Gasteiger partial charge in [-0.25, -0.2) is 9.13 Å². The summed E-state index contributed by atoms with van der Waals surface area (Å²) >= 11 is 0. The molecule has 0 spiro atoms. The van der Waals surface area contributed by atoms with E-state index >= 15 is 0 Å². The van der Waals surface area contributed by atoms with Gasteiger partial charge in [-0.15, -0.1) is 0 Å². The van der Waals surface area contributed by atoms with Gasteiger partial charge in [-0.05, 0) is 70.6 Å². The number of hydrogen-bond donors (Lipinski definition) is 6. The summed E-state index contributed by atoms with van der Waals surface area (Å²) in [4.78, 5) is 52.7. The maximum atomic E-state index is 12.7. The van der Waals surface area contributed by atoms with Crippen molar-refractivity contribution in [1.82, 2.24) is 0 Å². The molecule has 0 aliphatic rings. The summed E-state index contributed by atoms with van der Waals surface area (Å²) < 4.78 is 47.6. The SMILES string of the molecule is CC/C=C\C[C@@H](O)/C=C/C=C\C=C\[C@@H](O)C/C=C\C/C=C\CCC(=O)OC[C@H](COP(=O)(O)OC[C@@H](O)COP(=O)(O)O)OC(=O)CCC/C=C\C/C=C\C/C=C\CCCCCCCC. The van der Waals surface area contributed by atoms with Gasteiger partial charge in [0, 0.05) is 12.8 Å². The van der Waals surface area contributed by atoms with Crippen molar-refractivity contribution in [2.24, 2.45) is 0 Å². The van der Waals surface area contributed by atoms with Crippen LogP contribution in [-0.2, 0) is 41.8 Å². The van der Waals surface area contributed by atoms with Crippen LogP contribution in [0.1, 0.15) is 129 Å². The van der Waals surface area contributed by atoms with Gasteiger partial charge in [0.05, 0.1) is 32.0 Å². The fraction of sp³-hybridized carbons (Fsp3) is 0.583. The summed E-state index contributed by atoms with van der Waals surface area (Å²) in [5, 5.41) is 29.7. The molecule has 370 valence electrons. The average molecular weight is 957 g/mol. The summed E-state index contributed by atoms with van der Waals surface area (Å²) in [6.45, 7) is 1.29. The van der Waals surface area contributed by atoms with E-state index in [0.717, 1.165) is 25.7 Å². The van der Waals surface area contributed by atoms with E-state index in [0.29, 0.717) is 38.5 Å². The van der Waals surface area contributed by atoms with Crippen molar-refractivity contribution in [3.05, 3.63) is 109 Å². The van der Waals surface area contributed by atoms with Crippen molar-refractivity contribution in [3.63, 3.8) is 0 Å². The Morgan fingerprint density at radius 3 is 1.63 bits per heavy atom. The number of unbranched alkanes of at least 4 members (excludes halogenated alkanes) is 7. The van der Waals surface area contributed by atoms with Gasteiger partial charge in [0.1, 0.15) is 12.7 Å². The Labute approximate surface area is 387 Å². The number of carbonyl (C=O) groups is 2. The van der Waals surface area contributed by atoms with Crippen LogP contribution in [0.5, 0.6) is 0 Å². The first-order valence-corrected chi connectivity index (χ1v) is 25.8. The van der Waals surface area contributed by atoms with Gasteiger partial charge < -0.3 is 39.5 Å². The zero-order valence-electron chi connectivity index (χ0n) is 38.5. The van der Waals surface area contributed by atoms with Crippen LogP contribution in [0.2, 0.25) is 0 Å². The lowest BCUT2D eigenvalue weighted by Crippen LogP contribution is -2.29. The fourth-order valence-electron chi connectivity index (χ4n) is 5.33. The van der Waals surface area contributed by atoms with Crippen molar-refractivity contribution in [2.75, 3.05) is 26.4 Å². The second-order valence-corrected chi connectivity index (χ2v) is 17.7. The maximum absolute atomic E-state index is 12.7. The summed E-state index contributed by atoms with van der Waals surface area (Å²) in [6, 6.07) is 0. The van der Waals surface area contributed by atoms with E-state index in [1.165, 1.54) is 38.5 Å². The highest BCUT2D eigenvalue weighted by Crippen LogP contribution is 2.43. The summed E-state index contributed by atoms with van der Waals surface area (Å²) in [6.07, 6.45) is 44.5. The van der Waals surface area contributed by atoms with Gasteiger partial charge in [-0.2, -0.15) is 0 Å². The van der Waals surface area contributed by atoms with E-state index in [2.05, 4.69) is 40.3 Å². The molecule has 65 heavy (non-hydrogen) atoms. The van der Waals surface area contributed by atoms with Crippen LogP contribution in [0.3, 0.4) is 0 Å². The zero-order valence-corrected chi connectivity index (χ0v) is 40.3. The van der Waals surface area contributed by atoms with E-state index in [1.807, 2.05) is 49.5 Å². The molecule has 0 saturated heterocycles. The molecule has 0 aromatic carbocycles. The van der Waals surface area contributed by atoms with Gasteiger partial charge >= 0.3 is 27.6 Å². The fourth-order valence-corrected chi connectivity index (χ4v) is 6.48. The molecule has 0 bridgehead atoms. The predicted molar refractivity (Wildman–Crippen MR) is 255 cm³/mol. The lowest BCUT2D eigenvalue weighted by molar-refractivity contribution is -0.161. The molecule has 5 atom stereocenters. The number of ether oxygens (including phenoxy) is 2. The number of hydrogen-bond acceptors (Lipinski definition) is 12. The van der Waals surface area contributed by atoms with E-state index in [4.69, 9.17) is 23.8 Å². The highest BCUT2D eigenvalue weighted by atomic mass is 31.2. The van der Waals surface area contributed by atoms with Crippen LogP contribution in [0.4, 0.5) is 0 Å². The summed E-state index contributed by atoms with van der Waals surface area (Å²) in [5.74, 6) is -1.27. The molecule has 0 amide bonds. The van der Waals surface area contributed by atoms with E-state index < -0.39 is 78.4 Å². The maximum Gasteiger partial charge on any atom is 0.472 e. The highest BCUT2D eigenvalue weighted by Gasteiger charge is 2.28. The van der Waals surface area contributed by atoms with Gasteiger partial charge in [-0.1, -0.05) is 155 Å². The summed E-state index contributed by atoms with van der Waals surface area (Å²) in [5.41, 5.74) is 0. The molecule has 6 N–H and O–H groups in total. The molecular weight excluding hydrogens is 878 g/mol. The normalized spacial score (nSPS) is 15.9. The lowest BCUT2D eigenvalue weighted by atomic mass is 10.1. The Morgan fingerprint density at radius 1 is 0.523 bits per heavy atom. The molecule has 0 aliphatic carbocycles. The van der Waals surface area contributed by atoms with E-state index in [1.54, 1.807) is 42.5 Å². The second-order valence-electron chi connectivity index (χ2n) is 15.0. The molecule has 0 aromatic heterocycles. The van der Waals surface area contributed by atoms with Crippen LogP contribution in [0, 0.1) is 0 Å². The third-order valence-electron chi connectivity index (χ3n) is 8.82. The Kier molecular flexibility index (Phi) is 39.9. The molecule has 0 aliphatic heterocycles. The predicted octanol–water partition coefficient (Wildman–Crippen LogP) is 9.83. The molecule has 0 aromatic rings. The quantitative estimate of drug-likeness (QED) is 0.0110. The number of allylic oxidation sites excluding steroid dienone is 14. The van der Waals surface area contributed by atoms with E-state index in [9.17, 15) is 38.9 Å². The topological polar surface area (TPSA) is 236 Å². The van der Waals surface area contributed by atoms with Gasteiger partial charge in [0.15, 0.2) is 6.10 Å². The van der Waals surface area contributed by atoms with Gasteiger partial charge in [0.25, 0.3) is 0 Å². The molecular formula is C48H78O15P2. The number of esters is 2. The minimum atomic E-state index is -4.90. The molecule has 1 unspecified atom stereocenters. The first-order valence-electron chi connectivity index (χ1n) is 22.8. The monoisotopic (exact) mass is 956 g/mol. The average Bonchev–Trinajstić information content (AvgIpc) is 3.26. The van der Waals surface area contributed by atoms with Crippen LogP contribution < -0.4 is 0 Å². The molecule has 0 saturated carbocycles. The van der Waals surface area contributed by atoms with E-state index in [-0.39, 0.29) is 12.8 Å². The van der Waals surface area contributed by atoms with Crippen molar-refractivity contribution in [3.8, 4) is 0 Å². The largest absolute Gasteiger partial charge is 0.472 e. The van der Waals surface area contributed by atoms with Crippen molar-refractivity contribution < 1.29 is 71.8 Å². The smallest absolute Gasteiger partial charge is 0.462 e. The molecule has 15 nitrogen and oxygen atoms in total. The first-order chi connectivity index (χ1) is 31.2. The summed E-state index contributed by atoms with van der Waals surface area (Å²) in [7, 11) is -9.77. The van der Waals surface area contributed by atoms with Crippen LogP contribution in [0.15, 0.2) is 109 Å². The third kappa shape index (κ3) is 45.6. The highest BCUT2D eigenvalue weighted by molar-refractivity contribution is 7.47. The van der Waals surface area contributed by atoms with Crippen LogP contribution in [-0.4, -0.2) is 92.8 Å². The molecule has 0 heterocycles. The molecule has 0 rings (SSSR count). The Morgan fingerprint density at radius 2 is 1.03 bits per heavy atom. The lowest BCUT2D eigenvalue weighted by Gasteiger charge is -2.20. The number of rotatable bonds is 41. The zero-order chi connectivity index (χ0) is 48.3. The number of aliphatic hydroxyl groups excluding tert-OH is 3. The minimum Gasteiger partial charge on any atom is -0.462 e.